The Balaban J connectivity index is 1.47. The maximum absolute atomic E-state index is 12.9. The molecular formula is C21H24N4O3S2. The highest BCUT2D eigenvalue weighted by molar-refractivity contribution is 7.22. The largest absolute Gasteiger partial charge is 0.378 e. The average Bonchev–Trinajstić information content (AvgIpc) is 3.42. The maximum Gasteiger partial charge on any atom is 0.262 e. The van der Waals surface area contributed by atoms with Gasteiger partial charge in [0, 0.05) is 18.8 Å². The Labute approximate surface area is 183 Å². The van der Waals surface area contributed by atoms with Crippen LogP contribution in [0, 0.1) is 5.92 Å². The predicted octanol–water partition coefficient (Wildman–Crippen LogP) is 3.59. The lowest BCUT2D eigenvalue weighted by molar-refractivity contribution is -0.118. The number of nitrogens with one attached hydrogen (secondary N) is 2. The Morgan fingerprint density at radius 3 is 2.70 bits per heavy atom. The molecule has 0 unspecified atom stereocenters. The van der Waals surface area contributed by atoms with Crippen LogP contribution in [0.2, 0.25) is 0 Å². The number of thiophene rings is 1. The van der Waals surface area contributed by atoms with Crippen LogP contribution in [-0.2, 0) is 9.53 Å². The van der Waals surface area contributed by atoms with Crippen molar-refractivity contribution >= 4 is 55.5 Å². The smallest absolute Gasteiger partial charge is 0.262 e. The van der Waals surface area contributed by atoms with Crippen molar-refractivity contribution in [3.63, 3.8) is 0 Å². The molecule has 9 heteroatoms. The molecule has 2 aromatic heterocycles. The Bertz CT molecular complexity index is 1030. The molecule has 2 N–H and O–H groups in total. The van der Waals surface area contributed by atoms with E-state index < -0.39 is 6.04 Å². The van der Waals surface area contributed by atoms with E-state index >= 15 is 0 Å². The zero-order valence-electron chi connectivity index (χ0n) is 16.9. The lowest BCUT2D eigenvalue weighted by Crippen LogP contribution is -2.46. The molecule has 0 aliphatic carbocycles. The second kappa shape index (κ2) is 9.11. The molecule has 3 aromatic rings. The first-order valence-corrected chi connectivity index (χ1v) is 11.6. The topological polar surface area (TPSA) is 83.6 Å². The van der Waals surface area contributed by atoms with E-state index in [1.54, 1.807) is 17.4 Å². The second-order valence-electron chi connectivity index (χ2n) is 7.44. The molecule has 1 aliphatic heterocycles. The summed E-state index contributed by atoms with van der Waals surface area (Å²) < 4.78 is 6.42. The van der Waals surface area contributed by atoms with E-state index in [1.165, 1.54) is 11.3 Å². The van der Waals surface area contributed by atoms with Crippen molar-refractivity contribution in [2.75, 3.05) is 36.5 Å². The number of fused-ring (bicyclic) bond motifs is 1. The summed E-state index contributed by atoms with van der Waals surface area (Å²) in [6.45, 7) is 6.93. The summed E-state index contributed by atoms with van der Waals surface area (Å²) in [5.41, 5.74) is 1.60. The van der Waals surface area contributed by atoms with Gasteiger partial charge in [0.25, 0.3) is 5.91 Å². The molecule has 0 bridgehead atoms. The van der Waals surface area contributed by atoms with Crippen LogP contribution < -0.4 is 15.5 Å². The van der Waals surface area contributed by atoms with Crippen molar-refractivity contribution in [1.29, 1.82) is 0 Å². The first kappa shape index (κ1) is 20.8. The highest BCUT2D eigenvalue weighted by Crippen LogP contribution is 2.31. The van der Waals surface area contributed by atoms with Gasteiger partial charge in [-0.2, -0.15) is 0 Å². The number of anilines is 2. The average molecular weight is 445 g/mol. The fraction of sp³-hybridized carbons (Fsp3) is 0.381. The van der Waals surface area contributed by atoms with Gasteiger partial charge < -0.3 is 20.3 Å². The number of benzene rings is 1. The van der Waals surface area contributed by atoms with E-state index in [-0.39, 0.29) is 17.7 Å². The van der Waals surface area contributed by atoms with Crippen molar-refractivity contribution in [1.82, 2.24) is 10.3 Å². The summed E-state index contributed by atoms with van der Waals surface area (Å²) in [5.74, 6) is -0.506. The quantitative estimate of drug-likeness (QED) is 0.607. The zero-order valence-corrected chi connectivity index (χ0v) is 18.5. The molecule has 0 radical (unpaired) electrons. The number of thiazole rings is 1. The van der Waals surface area contributed by atoms with Crippen LogP contribution in [0.25, 0.3) is 10.2 Å². The Kier molecular flexibility index (Phi) is 6.31. The number of rotatable bonds is 6. The van der Waals surface area contributed by atoms with Gasteiger partial charge in [0.2, 0.25) is 5.91 Å². The van der Waals surface area contributed by atoms with Crippen LogP contribution in [0.3, 0.4) is 0 Å². The van der Waals surface area contributed by atoms with Gasteiger partial charge in [-0.15, -0.1) is 11.3 Å². The van der Waals surface area contributed by atoms with Crippen LogP contribution in [0.1, 0.15) is 23.5 Å². The summed E-state index contributed by atoms with van der Waals surface area (Å²) in [5, 5.41) is 8.62. The highest BCUT2D eigenvalue weighted by atomic mass is 32.1. The lowest BCUT2D eigenvalue weighted by atomic mass is 10.0. The fourth-order valence-electron chi connectivity index (χ4n) is 3.26. The molecule has 2 amide bonds. The molecule has 7 nitrogen and oxygen atoms in total. The molecule has 1 atom stereocenters. The van der Waals surface area contributed by atoms with Gasteiger partial charge in [-0.25, -0.2) is 4.98 Å². The summed E-state index contributed by atoms with van der Waals surface area (Å²) in [6, 6.07) is 8.65. The molecule has 0 spiro atoms. The number of carbonyl (C=O) groups is 2. The van der Waals surface area contributed by atoms with Gasteiger partial charge in [-0.3, -0.25) is 9.59 Å². The lowest BCUT2D eigenvalue weighted by Gasteiger charge is -2.25. The first-order chi connectivity index (χ1) is 14.5. The monoisotopic (exact) mass is 444 g/mol. The minimum Gasteiger partial charge on any atom is -0.378 e. The molecule has 1 saturated heterocycles. The fourth-order valence-corrected chi connectivity index (χ4v) is 4.94. The van der Waals surface area contributed by atoms with Crippen LogP contribution in [0.5, 0.6) is 0 Å². The van der Waals surface area contributed by atoms with E-state index in [9.17, 15) is 9.59 Å². The van der Waals surface area contributed by atoms with E-state index in [2.05, 4.69) is 15.5 Å². The van der Waals surface area contributed by atoms with Crippen LogP contribution in [0.15, 0.2) is 35.7 Å². The SMILES string of the molecule is CC(C)[C@H](NC(=O)c1cccs1)C(=O)Nc1ccc2nc(N3CCOCC3)sc2c1. The number of hydrogen-bond acceptors (Lipinski definition) is 7. The molecule has 3 heterocycles. The summed E-state index contributed by atoms with van der Waals surface area (Å²) in [7, 11) is 0. The van der Waals surface area contributed by atoms with Crippen molar-refractivity contribution in [2.45, 2.75) is 19.9 Å². The highest BCUT2D eigenvalue weighted by Gasteiger charge is 2.25. The third-order valence-electron chi connectivity index (χ3n) is 4.91. The van der Waals surface area contributed by atoms with Gasteiger partial charge in [0.1, 0.15) is 6.04 Å². The molecule has 4 rings (SSSR count). The number of nitrogens with zero attached hydrogens (tertiary/aromatic N) is 2. The van der Waals surface area contributed by atoms with E-state index in [1.807, 2.05) is 43.5 Å². The predicted molar refractivity (Wildman–Crippen MR) is 122 cm³/mol. The van der Waals surface area contributed by atoms with E-state index in [0.717, 1.165) is 28.4 Å². The van der Waals surface area contributed by atoms with Gasteiger partial charge in [0.05, 0.1) is 28.3 Å². The van der Waals surface area contributed by atoms with E-state index in [0.29, 0.717) is 23.8 Å². The number of amides is 2. The molecule has 1 fully saturated rings. The molecule has 1 aromatic carbocycles. The van der Waals surface area contributed by atoms with Crippen LogP contribution in [0.4, 0.5) is 10.8 Å². The first-order valence-electron chi connectivity index (χ1n) is 9.90. The zero-order chi connectivity index (χ0) is 21.1. The van der Waals surface area contributed by atoms with Crippen molar-refractivity contribution in [2.24, 2.45) is 5.92 Å². The molecule has 158 valence electrons. The maximum atomic E-state index is 12.9. The number of carbonyl (C=O) groups excluding carboxylic acids is 2. The normalized spacial score (nSPS) is 15.4. The van der Waals surface area contributed by atoms with Crippen molar-refractivity contribution in [3.05, 3.63) is 40.6 Å². The summed E-state index contributed by atoms with van der Waals surface area (Å²) >= 11 is 2.96. The number of hydrogen-bond donors (Lipinski definition) is 2. The Hall–Kier alpha value is -2.49. The Morgan fingerprint density at radius 1 is 1.20 bits per heavy atom. The third kappa shape index (κ3) is 4.63. The molecule has 0 saturated carbocycles. The van der Waals surface area contributed by atoms with Crippen LogP contribution in [-0.4, -0.2) is 49.1 Å². The molecule has 1 aliphatic rings. The van der Waals surface area contributed by atoms with Crippen LogP contribution >= 0.6 is 22.7 Å². The van der Waals surface area contributed by atoms with E-state index in [4.69, 9.17) is 9.72 Å². The summed E-state index contributed by atoms with van der Waals surface area (Å²) in [6.07, 6.45) is 0. The van der Waals surface area contributed by atoms with Gasteiger partial charge in [-0.1, -0.05) is 31.3 Å². The standard InChI is InChI=1S/C21H24N4O3S2/c1-13(2)18(24-19(26)16-4-3-11-29-16)20(27)22-14-5-6-15-17(12-14)30-21(23-15)25-7-9-28-10-8-25/h3-6,11-13,18H,7-10H2,1-2H3,(H,22,27)(H,24,26)/t18-/m0/s1. The number of morpholine rings is 1. The minimum absolute atomic E-state index is 0.0472. The molecule has 30 heavy (non-hydrogen) atoms. The van der Waals surface area contributed by atoms with Gasteiger partial charge in [0.15, 0.2) is 5.13 Å². The Morgan fingerprint density at radius 2 is 2.00 bits per heavy atom. The van der Waals surface area contributed by atoms with Crippen molar-refractivity contribution < 1.29 is 14.3 Å². The minimum atomic E-state index is -0.624. The van der Waals surface area contributed by atoms with Gasteiger partial charge in [-0.05, 0) is 35.6 Å². The second-order valence-corrected chi connectivity index (χ2v) is 9.40. The van der Waals surface area contributed by atoms with Gasteiger partial charge >= 0.3 is 0 Å². The number of aromatic nitrogens is 1. The van der Waals surface area contributed by atoms with Crippen molar-refractivity contribution in [3.8, 4) is 0 Å². The summed E-state index contributed by atoms with van der Waals surface area (Å²) in [4.78, 5) is 32.8. The molecular weight excluding hydrogens is 420 g/mol. The number of ether oxygens (including phenoxy) is 1. The third-order valence-corrected chi connectivity index (χ3v) is 6.85.